The number of rotatable bonds is 5. The van der Waals surface area contributed by atoms with E-state index in [0.717, 1.165) is 5.56 Å². The smallest absolute Gasteiger partial charge is 0.273 e. The van der Waals surface area contributed by atoms with E-state index in [2.05, 4.69) is 5.32 Å². The van der Waals surface area contributed by atoms with Gasteiger partial charge in [0.15, 0.2) is 0 Å². The van der Waals surface area contributed by atoms with Gasteiger partial charge >= 0.3 is 0 Å². The average molecular weight is 313 g/mol. The van der Waals surface area contributed by atoms with Gasteiger partial charge in [-0.25, -0.2) is 0 Å². The molecule has 7 heteroatoms. The number of nitrogens with one attached hydrogen (secondary N) is 1. The number of nitro groups is 1. The molecule has 118 valence electrons. The lowest BCUT2D eigenvalue weighted by Crippen LogP contribution is -2.24. The Morgan fingerprint density at radius 1 is 1.17 bits per heavy atom. The number of carbonyl (C=O) groups excluding carboxylic acids is 2. The van der Waals surface area contributed by atoms with Gasteiger partial charge in [0.2, 0.25) is 5.91 Å². The number of benzene rings is 2. The van der Waals surface area contributed by atoms with E-state index in [4.69, 9.17) is 5.73 Å². The van der Waals surface area contributed by atoms with Crippen LogP contribution in [0.15, 0.2) is 42.5 Å². The first-order chi connectivity index (χ1) is 10.9. The molecule has 2 amide bonds. The zero-order valence-electron chi connectivity index (χ0n) is 12.4. The monoisotopic (exact) mass is 313 g/mol. The van der Waals surface area contributed by atoms with Crippen LogP contribution in [0.2, 0.25) is 0 Å². The predicted molar refractivity (Wildman–Crippen MR) is 84.0 cm³/mol. The molecule has 0 aliphatic carbocycles. The van der Waals surface area contributed by atoms with Crippen LogP contribution in [0, 0.1) is 17.0 Å². The number of primary amides is 1. The second-order valence-electron chi connectivity index (χ2n) is 4.95. The summed E-state index contributed by atoms with van der Waals surface area (Å²) in [5.74, 6) is -0.919. The van der Waals surface area contributed by atoms with Crippen molar-refractivity contribution in [2.75, 3.05) is 0 Å². The van der Waals surface area contributed by atoms with Gasteiger partial charge in [-0.3, -0.25) is 19.7 Å². The zero-order valence-corrected chi connectivity index (χ0v) is 12.4. The fourth-order valence-corrected chi connectivity index (χ4v) is 2.13. The topological polar surface area (TPSA) is 115 Å². The van der Waals surface area contributed by atoms with Crippen LogP contribution in [-0.2, 0) is 6.54 Å². The predicted octanol–water partition coefficient (Wildman–Crippen LogP) is 1.93. The summed E-state index contributed by atoms with van der Waals surface area (Å²) in [4.78, 5) is 33.5. The lowest BCUT2D eigenvalue weighted by atomic mass is 10.1. The molecule has 23 heavy (non-hydrogen) atoms. The van der Waals surface area contributed by atoms with Crippen molar-refractivity contribution in [1.29, 1.82) is 0 Å². The number of nitrogens with two attached hydrogens (primary N) is 1. The summed E-state index contributed by atoms with van der Waals surface area (Å²) in [5, 5.41) is 13.6. The van der Waals surface area contributed by atoms with Gasteiger partial charge in [0.1, 0.15) is 0 Å². The fraction of sp³-hybridized carbons (Fsp3) is 0.125. The second kappa shape index (κ2) is 6.69. The first-order valence-corrected chi connectivity index (χ1v) is 6.81. The van der Waals surface area contributed by atoms with Crippen molar-refractivity contribution in [3.05, 3.63) is 74.8 Å². The van der Waals surface area contributed by atoms with Crippen molar-refractivity contribution < 1.29 is 14.5 Å². The van der Waals surface area contributed by atoms with E-state index >= 15 is 0 Å². The van der Waals surface area contributed by atoms with E-state index in [-0.39, 0.29) is 17.8 Å². The maximum absolute atomic E-state index is 12.2. The van der Waals surface area contributed by atoms with Gasteiger partial charge in [-0.05, 0) is 30.7 Å². The average Bonchev–Trinajstić information content (AvgIpc) is 2.53. The Morgan fingerprint density at radius 2 is 1.83 bits per heavy atom. The molecule has 3 N–H and O–H groups in total. The molecule has 0 aromatic heterocycles. The third-order valence-corrected chi connectivity index (χ3v) is 3.44. The minimum atomic E-state index is -0.521. The Morgan fingerprint density at radius 3 is 2.39 bits per heavy atom. The highest BCUT2D eigenvalue weighted by Crippen LogP contribution is 2.21. The number of amides is 2. The summed E-state index contributed by atoms with van der Waals surface area (Å²) < 4.78 is 0. The van der Waals surface area contributed by atoms with E-state index in [1.165, 1.54) is 25.1 Å². The molecule has 0 atom stereocenters. The molecule has 0 aliphatic rings. The standard InChI is InChI=1S/C16H15N3O4/c1-10-13(3-2-4-14(10)19(22)23)16(21)18-9-11-5-7-12(8-6-11)15(17)20/h2-8H,9H2,1H3,(H2,17,20)(H,18,21). The van der Waals surface area contributed by atoms with Gasteiger partial charge in [-0.15, -0.1) is 0 Å². The molecule has 0 unspecified atom stereocenters. The quantitative estimate of drug-likeness (QED) is 0.648. The molecule has 0 saturated heterocycles. The summed E-state index contributed by atoms with van der Waals surface area (Å²) >= 11 is 0. The first kappa shape index (κ1) is 16.2. The molecule has 0 fully saturated rings. The highest BCUT2D eigenvalue weighted by atomic mass is 16.6. The van der Waals surface area contributed by atoms with Crippen molar-refractivity contribution in [2.45, 2.75) is 13.5 Å². The van der Waals surface area contributed by atoms with Crippen LogP contribution in [0.1, 0.15) is 31.8 Å². The van der Waals surface area contributed by atoms with Crippen LogP contribution < -0.4 is 11.1 Å². The van der Waals surface area contributed by atoms with Gasteiger partial charge in [0.25, 0.3) is 11.6 Å². The normalized spacial score (nSPS) is 10.1. The van der Waals surface area contributed by atoms with E-state index < -0.39 is 16.7 Å². The lowest BCUT2D eigenvalue weighted by Gasteiger charge is -2.08. The summed E-state index contributed by atoms with van der Waals surface area (Å²) in [6.45, 7) is 1.77. The minimum absolute atomic E-state index is 0.0940. The van der Waals surface area contributed by atoms with Crippen molar-refractivity contribution in [2.24, 2.45) is 5.73 Å². The van der Waals surface area contributed by atoms with E-state index in [0.29, 0.717) is 11.1 Å². The van der Waals surface area contributed by atoms with Crippen LogP contribution in [0.25, 0.3) is 0 Å². The fourth-order valence-electron chi connectivity index (χ4n) is 2.13. The Labute approximate surface area is 132 Å². The van der Waals surface area contributed by atoms with E-state index in [1.54, 1.807) is 24.3 Å². The van der Waals surface area contributed by atoms with Crippen molar-refractivity contribution in [1.82, 2.24) is 5.32 Å². The van der Waals surface area contributed by atoms with Gasteiger partial charge in [-0.2, -0.15) is 0 Å². The third kappa shape index (κ3) is 3.70. The van der Waals surface area contributed by atoms with Gasteiger partial charge < -0.3 is 11.1 Å². The molecule has 2 aromatic carbocycles. The first-order valence-electron chi connectivity index (χ1n) is 6.81. The van der Waals surface area contributed by atoms with E-state index in [1.807, 2.05) is 0 Å². The lowest BCUT2D eigenvalue weighted by molar-refractivity contribution is -0.385. The molecular formula is C16H15N3O4. The largest absolute Gasteiger partial charge is 0.366 e. The minimum Gasteiger partial charge on any atom is -0.366 e. The highest BCUT2D eigenvalue weighted by molar-refractivity contribution is 5.96. The molecule has 0 saturated carbocycles. The van der Waals surface area contributed by atoms with Crippen molar-refractivity contribution in [3.63, 3.8) is 0 Å². The van der Waals surface area contributed by atoms with Gasteiger partial charge in [0.05, 0.1) is 4.92 Å². The number of nitro benzene ring substituents is 1. The Kier molecular flexibility index (Phi) is 4.70. The molecule has 2 aromatic rings. The molecule has 0 spiro atoms. The molecule has 2 rings (SSSR count). The number of carbonyl (C=O) groups is 2. The SMILES string of the molecule is Cc1c(C(=O)NCc2ccc(C(N)=O)cc2)cccc1[N+](=O)[O-]. The highest BCUT2D eigenvalue weighted by Gasteiger charge is 2.17. The summed E-state index contributed by atoms with van der Waals surface area (Å²) in [7, 11) is 0. The molecular weight excluding hydrogens is 298 g/mol. The second-order valence-corrected chi connectivity index (χ2v) is 4.95. The summed E-state index contributed by atoms with van der Waals surface area (Å²) in [6, 6.07) is 10.9. The van der Waals surface area contributed by atoms with Crippen molar-refractivity contribution in [3.8, 4) is 0 Å². The molecule has 0 aliphatic heterocycles. The molecule has 0 bridgehead atoms. The van der Waals surface area contributed by atoms with Crippen LogP contribution >= 0.6 is 0 Å². The van der Waals surface area contributed by atoms with Crippen LogP contribution in [0.5, 0.6) is 0 Å². The van der Waals surface area contributed by atoms with Crippen molar-refractivity contribution >= 4 is 17.5 Å². The summed E-state index contributed by atoms with van der Waals surface area (Å²) in [6.07, 6.45) is 0. The maximum Gasteiger partial charge on any atom is 0.273 e. The number of hydrogen-bond donors (Lipinski definition) is 2. The number of hydrogen-bond acceptors (Lipinski definition) is 4. The van der Waals surface area contributed by atoms with E-state index in [9.17, 15) is 19.7 Å². The Balaban J connectivity index is 2.09. The molecule has 7 nitrogen and oxygen atoms in total. The van der Waals surface area contributed by atoms with Gasteiger partial charge in [0, 0.05) is 29.3 Å². The van der Waals surface area contributed by atoms with Crippen LogP contribution in [0.3, 0.4) is 0 Å². The van der Waals surface area contributed by atoms with Gasteiger partial charge in [-0.1, -0.05) is 18.2 Å². The Bertz CT molecular complexity index is 769. The summed E-state index contributed by atoms with van der Waals surface area (Å²) in [5.41, 5.74) is 6.80. The molecule has 0 radical (unpaired) electrons. The van der Waals surface area contributed by atoms with Crippen LogP contribution in [0.4, 0.5) is 5.69 Å². The third-order valence-electron chi connectivity index (χ3n) is 3.44. The van der Waals surface area contributed by atoms with Crippen LogP contribution in [-0.4, -0.2) is 16.7 Å². The number of nitrogens with zero attached hydrogens (tertiary/aromatic N) is 1. The Hall–Kier alpha value is -3.22. The molecule has 0 heterocycles. The zero-order chi connectivity index (χ0) is 17.0. The maximum atomic E-state index is 12.2.